The van der Waals surface area contributed by atoms with Crippen molar-refractivity contribution in [2.24, 2.45) is 0 Å². The molecule has 2 fully saturated rings. The van der Waals surface area contributed by atoms with Crippen LogP contribution in [-0.2, 0) is 9.59 Å². The summed E-state index contributed by atoms with van der Waals surface area (Å²) in [6.45, 7) is 0.0999. The van der Waals surface area contributed by atoms with Crippen LogP contribution in [0.4, 0.5) is 10.5 Å². The number of para-hydroxylation sites is 1. The van der Waals surface area contributed by atoms with E-state index in [1.165, 1.54) is 4.90 Å². The van der Waals surface area contributed by atoms with Crippen LogP contribution in [0.15, 0.2) is 28.7 Å². The number of benzene rings is 1. The number of amides is 4. The smallest absolute Gasteiger partial charge is 0.325 e. The van der Waals surface area contributed by atoms with Crippen LogP contribution in [0, 0.1) is 0 Å². The Morgan fingerprint density at radius 1 is 1.26 bits per heavy atom. The first kappa shape index (κ1) is 16.0. The summed E-state index contributed by atoms with van der Waals surface area (Å²) >= 11 is 3.36. The quantitative estimate of drug-likeness (QED) is 0.789. The Labute approximate surface area is 142 Å². The van der Waals surface area contributed by atoms with E-state index in [1.54, 1.807) is 6.07 Å². The van der Waals surface area contributed by atoms with Crippen LogP contribution in [0.5, 0.6) is 0 Å². The molecule has 7 heteroatoms. The SMILES string of the molecule is O=C(CCN1C(=O)NC2(CCCC2)C1=O)Nc1ccccc1Br. The molecule has 1 saturated heterocycles. The van der Waals surface area contributed by atoms with Gasteiger partial charge in [0.05, 0.1) is 5.69 Å². The number of hydrogen-bond acceptors (Lipinski definition) is 3. The summed E-state index contributed by atoms with van der Waals surface area (Å²) in [6, 6.07) is 6.90. The predicted octanol–water partition coefficient (Wildman–Crippen LogP) is 2.64. The van der Waals surface area contributed by atoms with Crippen LogP contribution in [-0.4, -0.2) is 34.8 Å². The zero-order valence-corrected chi connectivity index (χ0v) is 14.2. The summed E-state index contributed by atoms with van der Waals surface area (Å²) in [5.74, 6) is -0.418. The molecule has 0 atom stereocenters. The van der Waals surface area contributed by atoms with Crippen molar-refractivity contribution in [1.82, 2.24) is 10.2 Å². The van der Waals surface area contributed by atoms with Crippen molar-refractivity contribution in [3.63, 3.8) is 0 Å². The molecule has 1 aliphatic carbocycles. The summed E-state index contributed by atoms with van der Waals surface area (Å²) in [5, 5.41) is 5.58. The molecule has 1 saturated carbocycles. The monoisotopic (exact) mass is 379 g/mol. The molecule has 4 amide bonds. The first-order chi connectivity index (χ1) is 11.0. The largest absolute Gasteiger partial charge is 0.325 e. The minimum absolute atomic E-state index is 0.0799. The van der Waals surface area contributed by atoms with Crippen molar-refractivity contribution in [3.8, 4) is 0 Å². The molecule has 1 heterocycles. The highest BCUT2D eigenvalue weighted by Gasteiger charge is 2.52. The molecule has 1 aliphatic heterocycles. The molecule has 0 bridgehead atoms. The van der Waals surface area contributed by atoms with E-state index in [1.807, 2.05) is 18.2 Å². The van der Waals surface area contributed by atoms with Gasteiger partial charge in [-0.25, -0.2) is 4.79 Å². The van der Waals surface area contributed by atoms with Gasteiger partial charge >= 0.3 is 6.03 Å². The maximum Gasteiger partial charge on any atom is 0.325 e. The Balaban J connectivity index is 1.58. The summed E-state index contributed by atoms with van der Waals surface area (Å²) < 4.78 is 0.785. The summed E-state index contributed by atoms with van der Waals surface area (Å²) in [5.41, 5.74) is -0.0438. The fourth-order valence-corrected chi connectivity index (χ4v) is 3.57. The van der Waals surface area contributed by atoms with Gasteiger partial charge in [0.2, 0.25) is 5.91 Å². The average Bonchev–Trinajstić information content (AvgIpc) is 3.07. The van der Waals surface area contributed by atoms with E-state index in [9.17, 15) is 14.4 Å². The van der Waals surface area contributed by atoms with E-state index in [-0.39, 0.29) is 30.8 Å². The van der Waals surface area contributed by atoms with Gasteiger partial charge in [0.15, 0.2) is 0 Å². The summed E-state index contributed by atoms with van der Waals surface area (Å²) in [4.78, 5) is 37.7. The highest BCUT2D eigenvalue weighted by Crippen LogP contribution is 2.35. The number of anilines is 1. The van der Waals surface area contributed by atoms with Gasteiger partial charge in [0.1, 0.15) is 5.54 Å². The molecule has 1 aromatic carbocycles. The molecule has 23 heavy (non-hydrogen) atoms. The van der Waals surface area contributed by atoms with E-state index in [2.05, 4.69) is 26.6 Å². The normalized spacial score (nSPS) is 19.3. The van der Waals surface area contributed by atoms with Gasteiger partial charge in [0.25, 0.3) is 5.91 Å². The second kappa shape index (κ2) is 6.31. The van der Waals surface area contributed by atoms with Crippen molar-refractivity contribution in [2.45, 2.75) is 37.6 Å². The lowest BCUT2D eigenvalue weighted by Crippen LogP contribution is -2.44. The van der Waals surface area contributed by atoms with Crippen molar-refractivity contribution in [2.75, 3.05) is 11.9 Å². The van der Waals surface area contributed by atoms with Crippen molar-refractivity contribution >= 4 is 39.5 Å². The molecular formula is C16H18BrN3O3. The van der Waals surface area contributed by atoms with Crippen LogP contribution < -0.4 is 10.6 Å². The maximum absolute atomic E-state index is 12.5. The fourth-order valence-electron chi connectivity index (χ4n) is 3.19. The molecule has 3 rings (SSSR count). The number of hydrogen-bond donors (Lipinski definition) is 2. The Morgan fingerprint density at radius 2 is 1.96 bits per heavy atom. The first-order valence-corrected chi connectivity index (χ1v) is 8.50. The molecule has 2 N–H and O–H groups in total. The molecule has 0 radical (unpaired) electrons. The Bertz CT molecular complexity index is 656. The van der Waals surface area contributed by atoms with E-state index in [4.69, 9.17) is 0 Å². The van der Waals surface area contributed by atoms with Gasteiger partial charge in [-0.1, -0.05) is 25.0 Å². The predicted molar refractivity (Wildman–Crippen MR) is 88.8 cm³/mol. The number of urea groups is 1. The number of carbonyl (C=O) groups excluding carboxylic acids is 3. The van der Waals surface area contributed by atoms with Crippen molar-refractivity contribution in [1.29, 1.82) is 0 Å². The lowest BCUT2D eigenvalue weighted by atomic mass is 9.98. The van der Waals surface area contributed by atoms with E-state index >= 15 is 0 Å². The summed E-state index contributed by atoms with van der Waals surface area (Å²) in [6.07, 6.45) is 3.36. The minimum atomic E-state index is -0.712. The van der Waals surface area contributed by atoms with Crippen molar-refractivity contribution < 1.29 is 14.4 Å². The third kappa shape index (κ3) is 3.10. The van der Waals surface area contributed by atoms with E-state index in [0.29, 0.717) is 18.5 Å². The molecule has 122 valence electrons. The standard InChI is InChI=1S/C16H18BrN3O3/c17-11-5-1-2-6-12(11)18-13(21)7-10-20-14(22)16(19-15(20)23)8-3-4-9-16/h1-2,5-6H,3-4,7-10H2,(H,18,21)(H,19,23). The zero-order valence-electron chi connectivity index (χ0n) is 12.6. The molecule has 1 aromatic rings. The van der Waals surface area contributed by atoms with Gasteiger partial charge in [0, 0.05) is 17.4 Å². The zero-order chi connectivity index (χ0) is 16.4. The number of nitrogens with zero attached hydrogens (tertiary/aromatic N) is 1. The van der Waals surface area contributed by atoms with Gasteiger partial charge in [-0.2, -0.15) is 0 Å². The van der Waals surface area contributed by atoms with Crippen molar-refractivity contribution in [3.05, 3.63) is 28.7 Å². The lowest BCUT2D eigenvalue weighted by molar-refractivity contribution is -0.131. The van der Waals surface area contributed by atoms with Gasteiger partial charge < -0.3 is 10.6 Å². The van der Waals surface area contributed by atoms with Gasteiger partial charge in [-0.15, -0.1) is 0 Å². The van der Waals surface area contributed by atoms with E-state index in [0.717, 1.165) is 17.3 Å². The maximum atomic E-state index is 12.5. The van der Waals surface area contributed by atoms with Crippen LogP contribution in [0.2, 0.25) is 0 Å². The number of nitrogens with one attached hydrogen (secondary N) is 2. The molecule has 0 unspecified atom stereocenters. The Hall–Kier alpha value is -1.89. The molecule has 0 aromatic heterocycles. The molecule has 2 aliphatic rings. The Kier molecular flexibility index (Phi) is 4.39. The second-order valence-corrected chi connectivity index (χ2v) is 6.81. The van der Waals surface area contributed by atoms with Gasteiger partial charge in [-0.3, -0.25) is 14.5 Å². The van der Waals surface area contributed by atoms with Gasteiger partial charge in [-0.05, 0) is 40.9 Å². The highest BCUT2D eigenvalue weighted by molar-refractivity contribution is 9.10. The lowest BCUT2D eigenvalue weighted by Gasteiger charge is -2.19. The number of halogens is 1. The first-order valence-electron chi connectivity index (χ1n) is 7.70. The summed E-state index contributed by atoms with van der Waals surface area (Å²) in [7, 11) is 0. The average molecular weight is 380 g/mol. The number of carbonyl (C=O) groups is 3. The van der Waals surface area contributed by atoms with E-state index < -0.39 is 5.54 Å². The number of imide groups is 1. The molecular weight excluding hydrogens is 362 g/mol. The van der Waals surface area contributed by atoms with Crippen LogP contribution in [0.3, 0.4) is 0 Å². The number of rotatable bonds is 4. The van der Waals surface area contributed by atoms with Crippen LogP contribution >= 0.6 is 15.9 Å². The minimum Gasteiger partial charge on any atom is -0.325 e. The Morgan fingerprint density at radius 3 is 2.65 bits per heavy atom. The fraction of sp³-hybridized carbons (Fsp3) is 0.438. The third-order valence-corrected chi connectivity index (χ3v) is 5.10. The second-order valence-electron chi connectivity index (χ2n) is 5.95. The topological polar surface area (TPSA) is 78.5 Å². The van der Waals surface area contributed by atoms with Crippen LogP contribution in [0.1, 0.15) is 32.1 Å². The third-order valence-electron chi connectivity index (χ3n) is 4.41. The highest BCUT2D eigenvalue weighted by atomic mass is 79.9. The van der Waals surface area contributed by atoms with Crippen LogP contribution in [0.25, 0.3) is 0 Å². The molecule has 6 nitrogen and oxygen atoms in total. The molecule has 1 spiro atoms.